The van der Waals surface area contributed by atoms with Gasteiger partial charge < -0.3 is 20.3 Å². The molecule has 1 aromatic carbocycles. The number of nitrogens with two attached hydrogens (primary N) is 1. The highest BCUT2D eigenvalue weighted by Crippen LogP contribution is 2.31. The van der Waals surface area contributed by atoms with Gasteiger partial charge in [0.1, 0.15) is 28.8 Å². The maximum atomic E-state index is 14.0. The molecule has 1 saturated heterocycles. The first-order valence-corrected chi connectivity index (χ1v) is 12.2. The second kappa shape index (κ2) is 12.3. The molecule has 1 fully saturated rings. The summed E-state index contributed by atoms with van der Waals surface area (Å²) in [6.45, 7) is 3.30. The number of hydrogen-bond acceptors (Lipinski definition) is 6. The van der Waals surface area contributed by atoms with Crippen LogP contribution in [0.1, 0.15) is 48.0 Å². The highest BCUT2D eigenvalue weighted by atomic mass is 35.5. The number of aromatic nitrogens is 1. The first-order valence-electron chi connectivity index (χ1n) is 11.1. The fourth-order valence-electron chi connectivity index (χ4n) is 3.69. The van der Waals surface area contributed by atoms with Gasteiger partial charge in [0.15, 0.2) is 0 Å². The first-order chi connectivity index (χ1) is 16.3. The average molecular weight is 516 g/mol. The Morgan fingerprint density at radius 3 is 2.56 bits per heavy atom. The van der Waals surface area contributed by atoms with Gasteiger partial charge in [0, 0.05) is 18.6 Å². The van der Waals surface area contributed by atoms with E-state index in [1.165, 1.54) is 24.2 Å². The van der Waals surface area contributed by atoms with E-state index in [1.807, 2.05) is 0 Å². The highest BCUT2D eigenvalue weighted by Gasteiger charge is 2.24. The number of nitrogens with zero attached hydrogens (tertiary/aromatic N) is 3. The van der Waals surface area contributed by atoms with E-state index < -0.39 is 30.2 Å². The number of likely N-dealkylation sites (tertiary alicyclic amines) is 1. The summed E-state index contributed by atoms with van der Waals surface area (Å²) in [6, 6.07) is 1.48. The van der Waals surface area contributed by atoms with E-state index >= 15 is 0 Å². The largest absolute Gasteiger partial charge is 0.471 e. The third-order valence-corrected chi connectivity index (χ3v) is 6.56. The molecule has 12 heteroatoms. The minimum Gasteiger partial charge on any atom is -0.471 e. The third kappa shape index (κ3) is 7.00. The summed E-state index contributed by atoms with van der Waals surface area (Å²) in [6.07, 6.45) is 5.62. The smallest absolute Gasteiger partial charge is 0.322 e. The van der Waals surface area contributed by atoms with Crippen LogP contribution >= 0.6 is 23.1 Å². The predicted octanol–water partition coefficient (Wildman–Crippen LogP) is 4.48. The number of nitrogens with one attached hydrogen (secondary N) is 1. The zero-order valence-corrected chi connectivity index (χ0v) is 20.5. The molecule has 186 valence electrons. The molecule has 1 aliphatic rings. The maximum absolute atomic E-state index is 14.0. The maximum Gasteiger partial charge on any atom is 0.322 e. The van der Waals surface area contributed by atoms with Crippen molar-refractivity contribution in [2.24, 2.45) is 5.73 Å². The molecular weight excluding hydrogens is 488 g/mol. The SMILES string of the molecule is CN(CCCCN1CCCCC1)C(=O)Nc1snc(OCc2c(F)cc(Cl)cc2F)c1C(N)=O. The van der Waals surface area contributed by atoms with Crippen molar-refractivity contribution < 1.29 is 23.1 Å². The van der Waals surface area contributed by atoms with Gasteiger partial charge in [0.2, 0.25) is 5.88 Å². The summed E-state index contributed by atoms with van der Waals surface area (Å²) < 4.78 is 37.3. The van der Waals surface area contributed by atoms with Crippen molar-refractivity contribution in [1.29, 1.82) is 0 Å². The molecule has 0 saturated carbocycles. The van der Waals surface area contributed by atoms with Crippen LogP contribution in [-0.4, -0.2) is 59.3 Å². The van der Waals surface area contributed by atoms with Crippen LogP contribution in [0.2, 0.25) is 5.02 Å². The number of anilines is 1. The van der Waals surface area contributed by atoms with Crippen molar-refractivity contribution in [2.45, 2.75) is 38.7 Å². The number of ether oxygens (including phenoxy) is 1. The predicted molar refractivity (Wildman–Crippen MR) is 128 cm³/mol. The molecule has 34 heavy (non-hydrogen) atoms. The van der Waals surface area contributed by atoms with Gasteiger partial charge in [-0.25, -0.2) is 13.6 Å². The Balaban J connectivity index is 1.55. The third-order valence-electron chi connectivity index (χ3n) is 5.60. The number of benzene rings is 1. The van der Waals surface area contributed by atoms with E-state index in [4.69, 9.17) is 22.1 Å². The average Bonchev–Trinajstić information content (AvgIpc) is 3.19. The Labute approximate surface area is 206 Å². The molecule has 0 unspecified atom stereocenters. The number of piperidine rings is 1. The van der Waals surface area contributed by atoms with Crippen molar-refractivity contribution in [1.82, 2.24) is 14.2 Å². The number of amides is 3. The Hall–Kier alpha value is -2.50. The lowest BCUT2D eigenvalue weighted by molar-refractivity contribution is 0.0996. The van der Waals surface area contributed by atoms with Crippen molar-refractivity contribution in [3.63, 3.8) is 0 Å². The molecule has 0 aliphatic carbocycles. The number of urea groups is 1. The summed E-state index contributed by atoms with van der Waals surface area (Å²) in [5, 5.41) is 2.63. The summed E-state index contributed by atoms with van der Waals surface area (Å²) in [5.41, 5.74) is 4.91. The van der Waals surface area contributed by atoms with Crippen LogP contribution in [0.15, 0.2) is 12.1 Å². The number of carbonyl (C=O) groups is 2. The zero-order chi connectivity index (χ0) is 24.7. The quantitative estimate of drug-likeness (QED) is 0.454. The highest BCUT2D eigenvalue weighted by molar-refractivity contribution is 7.11. The second-order valence-electron chi connectivity index (χ2n) is 8.15. The topological polar surface area (TPSA) is 101 Å². The molecular formula is C22H28ClF2N5O3S. The van der Waals surface area contributed by atoms with Crippen LogP contribution < -0.4 is 15.8 Å². The lowest BCUT2D eigenvalue weighted by atomic mass is 10.1. The van der Waals surface area contributed by atoms with Gasteiger partial charge in [0.05, 0.1) is 5.56 Å². The van der Waals surface area contributed by atoms with E-state index in [-0.39, 0.29) is 27.0 Å². The van der Waals surface area contributed by atoms with Gasteiger partial charge in [-0.15, -0.1) is 0 Å². The molecule has 0 radical (unpaired) electrons. The molecule has 1 aromatic heterocycles. The van der Waals surface area contributed by atoms with Gasteiger partial charge in [0.25, 0.3) is 5.91 Å². The van der Waals surface area contributed by atoms with Crippen molar-refractivity contribution in [2.75, 3.05) is 38.5 Å². The number of rotatable bonds is 10. The Bertz CT molecular complexity index is 993. The van der Waals surface area contributed by atoms with E-state index in [0.717, 1.165) is 56.1 Å². The van der Waals surface area contributed by atoms with Crippen LogP contribution in [0, 0.1) is 11.6 Å². The molecule has 2 heterocycles. The van der Waals surface area contributed by atoms with Crippen LogP contribution in [0.3, 0.4) is 0 Å². The Morgan fingerprint density at radius 1 is 1.24 bits per heavy atom. The van der Waals surface area contributed by atoms with Crippen molar-refractivity contribution in [3.8, 4) is 5.88 Å². The van der Waals surface area contributed by atoms with Crippen LogP contribution in [0.4, 0.5) is 18.6 Å². The number of primary amides is 1. The van der Waals surface area contributed by atoms with Gasteiger partial charge in [-0.05, 0) is 69.0 Å². The van der Waals surface area contributed by atoms with Crippen LogP contribution in [-0.2, 0) is 6.61 Å². The van der Waals surface area contributed by atoms with Gasteiger partial charge in [-0.3, -0.25) is 10.1 Å². The normalized spacial score (nSPS) is 14.1. The molecule has 0 spiro atoms. The molecule has 0 bridgehead atoms. The summed E-state index contributed by atoms with van der Waals surface area (Å²) in [4.78, 5) is 28.5. The summed E-state index contributed by atoms with van der Waals surface area (Å²) in [5.74, 6) is -2.89. The molecule has 3 amide bonds. The fourth-order valence-corrected chi connectivity index (χ4v) is 4.61. The molecule has 3 rings (SSSR count). The fraction of sp³-hybridized carbons (Fsp3) is 0.500. The molecule has 3 N–H and O–H groups in total. The van der Waals surface area contributed by atoms with Crippen LogP contribution in [0.25, 0.3) is 0 Å². The number of unbranched alkanes of at least 4 members (excludes halogenated alkanes) is 1. The number of halogens is 3. The monoisotopic (exact) mass is 515 g/mol. The standard InChI is InChI=1S/C22H28ClF2N5O3S/c1-29(7-5-6-10-30-8-3-2-4-9-30)22(32)27-21-18(19(26)31)20(28-34-21)33-13-15-16(24)11-14(23)12-17(15)25/h11-12H,2-10,13H2,1H3,(H2,26,31)(H,27,32). The number of carbonyl (C=O) groups excluding carboxylic acids is 2. The summed E-state index contributed by atoms with van der Waals surface area (Å²) in [7, 11) is 1.66. The first kappa shape index (κ1) is 26.1. The van der Waals surface area contributed by atoms with E-state index in [9.17, 15) is 18.4 Å². The molecule has 1 aliphatic heterocycles. The minimum atomic E-state index is -0.892. The lowest BCUT2D eigenvalue weighted by Gasteiger charge is -2.26. The summed E-state index contributed by atoms with van der Waals surface area (Å²) >= 11 is 6.41. The Morgan fingerprint density at radius 2 is 1.91 bits per heavy atom. The zero-order valence-electron chi connectivity index (χ0n) is 18.9. The number of hydrogen-bond donors (Lipinski definition) is 2. The van der Waals surface area contributed by atoms with Gasteiger partial charge in [-0.1, -0.05) is 18.0 Å². The van der Waals surface area contributed by atoms with Gasteiger partial charge >= 0.3 is 6.03 Å². The minimum absolute atomic E-state index is 0.0918. The van der Waals surface area contributed by atoms with Gasteiger partial charge in [-0.2, -0.15) is 4.37 Å². The lowest BCUT2D eigenvalue weighted by Crippen LogP contribution is -2.34. The van der Waals surface area contributed by atoms with Crippen LogP contribution in [0.5, 0.6) is 5.88 Å². The van der Waals surface area contributed by atoms with E-state index in [0.29, 0.717) is 6.54 Å². The van der Waals surface area contributed by atoms with E-state index in [2.05, 4.69) is 14.6 Å². The second-order valence-corrected chi connectivity index (χ2v) is 9.36. The molecule has 8 nitrogen and oxygen atoms in total. The molecule has 2 aromatic rings. The Kier molecular flexibility index (Phi) is 9.43. The van der Waals surface area contributed by atoms with Crippen molar-refractivity contribution in [3.05, 3.63) is 39.9 Å². The van der Waals surface area contributed by atoms with E-state index in [1.54, 1.807) is 7.05 Å². The molecule has 0 atom stereocenters. The van der Waals surface area contributed by atoms with Crippen molar-refractivity contribution >= 4 is 40.1 Å².